The Balaban J connectivity index is 2.13. The lowest BCUT2D eigenvalue weighted by atomic mass is 10.2. The van der Waals surface area contributed by atoms with E-state index in [2.05, 4.69) is 11.8 Å². The van der Waals surface area contributed by atoms with Crippen molar-refractivity contribution < 1.29 is 9.47 Å². The summed E-state index contributed by atoms with van der Waals surface area (Å²) in [4.78, 5) is 2.44. The number of alkyl halides is 1. The van der Waals surface area contributed by atoms with E-state index >= 15 is 0 Å². The normalized spacial score (nSPS) is 24.0. The van der Waals surface area contributed by atoms with Gasteiger partial charge in [-0.05, 0) is 6.42 Å². The lowest BCUT2D eigenvalue weighted by Crippen LogP contribution is -2.46. The Bertz CT molecular complexity index is 146. The first-order valence-corrected chi connectivity index (χ1v) is 5.87. The van der Waals surface area contributed by atoms with Crippen LogP contribution in [0.15, 0.2) is 0 Å². The Labute approximate surface area is 91.3 Å². The molecule has 0 aromatic heterocycles. The van der Waals surface area contributed by atoms with Crippen molar-refractivity contribution in [2.75, 3.05) is 45.4 Å². The van der Waals surface area contributed by atoms with E-state index in [9.17, 15) is 0 Å². The number of hydrogen-bond acceptors (Lipinski definition) is 3. The Morgan fingerprint density at radius 2 is 2.36 bits per heavy atom. The Morgan fingerprint density at radius 1 is 1.50 bits per heavy atom. The molecule has 1 unspecified atom stereocenters. The van der Waals surface area contributed by atoms with E-state index in [4.69, 9.17) is 21.1 Å². The summed E-state index contributed by atoms with van der Waals surface area (Å²) in [7, 11) is 0. The maximum absolute atomic E-state index is 5.52. The van der Waals surface area contributed by atoms with Crippen molar-refractivity contribution >= 4 is 11.6 Å². The third kappa shape index (κ3) is 4.13. The number of halogens is 1. The minimum Gasteiger partial charge on any atom is -0.379 e. The van der Waals surface area contributed by atoms with Crippen LogP contribution in [-0.2, 0) is 9.47 Å². The molecular formula is C10H20ClNO2. The average Bonchev–Trinajstić information content (AvgIpc) is 2.25. The van der Waals surface area contributed by atoms with Gasteiger partial charge < -0.3 is 9.47 Å². The van der Waals surface area contributed by atoms with E-state index in [-0.39, 0.29) is 0 Å². The molecule has 84 valence electrons. The van der Waals surface area contributed by atoms with Crippen molar-refractivity contribution in [1.82, 2.24) is 4.90 Å². The lowest BCUT2D eigenvalue weighted by Gasteiger charge is -2.34. The molecule has 1 aliphatic rings. The number of ether oxygens (including phenoxy) is 2. The van der Waals surface area contributed by atoms with Crippen molar-refractivity contribution in [3.63, 3.8) is 0 Å². The van der Waals surface area contributed by atoms with Crippen molar-refractivity contribution in [2.45, 2.75) is 19.4 Å². The second-order valence-electron chi connectivity index (χ2n) is 3.47. The van der Waals surface area contributed by atoms with Crippen LogP contribution in [0.25, 0.3) is 0 Å². The van der Waals surface area contributed by atoms with E-state index in [0.717, 1.165) is 39.3 Å². The second-order valence-corrected chi connectivity index (χ2v) is 3.85. The van der Waals surface area contributed by atoms with Crippen molar-refractivity contribution in [3.05, 3.63) is 0 Å². The maximum Gasteiger partial charge on any atom is 0.0622 e. The predicted octanol–water partition coefficient (Wildman–Crippen LogP) is 1.35. The minimum atomic E-state index is 0.573. The minimum absolute atomic E-state index is 0.573. The third-order valence-corrected chi connectivity index (χ3v) is 2.72. The van der Waals surface area contributed by atoms with Crippen molar-refractivity contribution in [2.24, 2.45) is 0 Å². The molecule has 1 aliphatic heterocycles. The number of hydrogen-bond donors (Lipinski definition) is 0. The second kappa shape index (κ2) is 7.46. The van der Waals surface area contributed by atoms with E-state index in [0.29, 0.717) is 18.5 Å². The van der Waals surface area contributed by atoms with Crippen LogP contribution in [0.3, 0.4) is 0 Å². The summed E-state index contributed by atoms with van der Waals surface area (Å²) < 4.78 is 10.8. The fourth-order valence-electron chi connectivity index (χ4n) is 1.70. The molecule has 1 atom stereocenters. The van der Waals surface area contributed by atoms with Crippen LogP contribution >= 0.6 is 11.6 Å². The van der Waals surface area contributed by atoms with Gasteiger partial charge in [0.15, 0.2) is 0 Å². The largest absolute Gasteiger partial charge is 0.379 e. The molecule has 14 heavy (non-hydrogen) atoms. The summed E-state index contributed by atoms with van der Waals surface area (Å²) in [6.07, 6.45) is 1.15. The monoisotopic (exact) mass is 221 g/mol. The molecule has 0 N–H and O–H groups in total. The van der Waals surface area contributed by atoms with E-state index in [1.54, 1.807) is 0 Å². The van der Waals surface area contributed by atoms with Crippen LogP contribution in [0, 0.1) is 0 Å². The maximum atomic E-state index is 5.52. The van der Waals surface area contributed by atoms with Crippen LogP contribution in [-0.4, -0.2) is 56.3 Å². The molecule has 4 heteroatoms. The fourth-order valence-corrected chi connectivity index (χ4v) is 1.81. The van der Waals surface area contributed by atoms with Gasteiger partial charge in [0.25, 0.3) is 0 Å². The first-order chi connectivity index (χ1) is 6.88. The Hall–Kier alpha value is 0.170. The average molecular weight is 222 g/mol. The summed E-state index contributed by atoms with van der Waals surface area (Å²) >= 11 is 5.52. The fraction of sp³-hybridized carbons (Fsp3) is 1.00. The lowest BCUT2D eigenvalue weighted by molar-refractivity contribution is -0.0202. The molecule has 1 saturated heterocycles. The standard InChI is InChI=1S/C10H20ClNO2/c1-2-10-9-14-8-5-12(10)4-7-13-6-3-11/h10H,2-9H2,1H3. The summed E-state index contributed by atoms with van der Waals surface area (Å²) in [6, 6.07) is 0.573. The number of nitrogens with zero attached hydrogens (tertiary/aromatic N) is 1. The summed E-state index contributed by atoms with van der Waals surface area (Å²) in [5.41, 5.74) is 0. The van der Waals surface area contributed by atoms with Gasteiger partial charge in [-0.3, -0.25) is 4.90 Å². The van der Waals surface area contributed by atoms with Gasteiger partial charge in [0.2, 0.25) is 0 Å². The van der Waals surface area contributed by atoms with Gasteiger partial charge in [0, 0.05) is 25.0 Å². The summed E-state index contributed by atoms with van der Waals surface area (Å²) in [5.74, 6) is 0.584. The zero-order valence-corrected chi connectivity index (χ0v) is 9.63. The van der Waals surface area contributed by atoms with Gasteiger partial charge in [-0.15, -0.1) is 11.6 Å². The highest BCUT2D eigenvalue weighted by Gasteiger charge is 2.20. The van der Waals surface area contributed by atoms with Crippen LogP contribution in [0.5, 0.6) is 0 Å². The number of rotatable bonds is 6. The van der Waals surface area contributed by atoms with Gasteiger partial charge in [-0.25, -0.2) is 0 Å². The van der Waals surface area contributed by atoms with Gasteiger partial charge in [0.1, 0.15) is 0 Å². The van der Waals surface area contributed by atoms with Gasteiger partial charge >= 0.3 is 0 Å². The van der Waals surface area contributed by atoms with Gasteiger partial charge in [0.05, 0.1) is 26.4 Å². The first-order valence-electron chi connectivity index (χ1n) is 5.34. The summed E-state index contributed by atoms with van der Waals surface area (Å²) in [6.45, 7) is 7.39. The molecule has 1 heterocycles. The van der Waals surface area contributed by atoms with E-state index in [1.807, 2.05) is 0 Å². The molecule has 0 aromatic rings. The number of morpholine rings is 1. The Morgan fingerprint density at radius 3 is 3.07 bits per heavy atom. The quantitative estimate of drug-likeness (QED) is 0.499. The highest BCUT2D eigenvalue weighted by Crippen LogP contribution is 2.09. The highest BCUT2D eigenvalue weighted by molar-refractivity contribution is 6.17. The predicted molar refractivity (Wildman–Crippen MR) is 58.0 cm³/mol. The van der Waals surface area contributed by atoms with E-state index in [1.165, 1.54) is 0 Å². The molecule has 0 spiro atoms. The molecule has 0 aromatic carbocycles. The van der Waals surface area contributed by atoms with Crippen molar-refractivity contribution in [3.8, 4) is 0 Å². The molecule has 0 radical (unpaired) electrons. The van der Waals surface area contributed by atoms with Crippen LogP contribution in [0.4, 0.5) is 0 Å². The molecule has 3 nitrogen and oxygen atoms in total. The molecule has 0 saturated carbocycles. The molecular weight excluding hydrogens is 202 g/mol. The zero-order chi connectivity index (χ0) is 10.2. The molecule has 1 fully saturated rings. The van der Waals surface area contributed by atoms with Crippen LogP contribution in [0.2, 0.25) is 0 Å². The molecule has 0 aliphatic carbocycles. The van der Waals surface area contributed by atoms with Crippen LogP contribution in [0.1, 0.15) is 13.3 Å². The smallest absolute Gasteiger partial charge is 0.0622 e. The molecule has 0 amide bonds. The van der Waals surface area contributed by atoms with Crippen LogP contribution < -0.4 is 0 Å². The Kier molecular flexibility index (Phi) is 6.52. The van der Waals surface area contributed by atoms with Gasteiger partial charge in [-0.1, -0.05) is 6.92 Å². The summed E-state index contributed by atoms with van der Waals surface area (Å²) in [5, 5.41) is 0. The van der Waals surface area contributed by atoms with Gasteiger partial charge in [-0.2, -0.15) is 0 Å². The van der Waals surface area contributed by atoms with E-state index < -0.39 is 0 Å². The topological polar surface area (TPSA) is 21.7 Å². The third-order valence-electron chi connectivity index (χ3n) is 2.57. The van der Waals surface area contributed by atoms with Crippen molar-refractivity contribution in [1.29, 1.82) is 0 Å². The zero-order valence-electron chi connectivity index (χ0n) is 8.88. The molecule has 1 rings (SSSR count). The first kappa shape index (κ1) is 12.2. The molecule has 0 bridgehead atoms. The highest BCUT2D eigenvalue weighted by atomic mass is 35.5. The SMILES string of the molecule is CCC1COCCN1CCOCCCl.